The van der Waals surface area contributed by atoms with Gasteiger partial charge in [-0.25, -0.2) is 5.43 Å². The van der Waals surface area contributed by atoms with Crippen LogP contribution in [-0.4, -0.2) is 36.6 Å². The summed E-state index contributed by atoms with van der Waals surface area (Å²) in [7, 11) is 3.10. The van der Waals surface area contributed by atoms with Gasteiger partial charge in [0.05, 0.1) is 20.4 Å². The highest BCUT2D eigenvalue weighted by molar-refractivity contribution is 5.96. The van der Waals surface area contributed by atoms with Gasteiger partial charge in [-0.15, -0.1) is 0 Å². The van der Waals surface area contributed by atoms with E-state index in [1.54, 1.807) is 19.2 Å². The number of carbonyl (C=O) groups is 1. The monoisotopic (exact) mass is 330 g/mol. The number of benzene rings is 2. The Balaban J connectivity index is 2.17. The summed E-state index contributed by atoms with van der Waals surface area (Å²) >= 11 is 0. The molecule has 0 aliphatic heterocycles. The lowest BCUT2D eigenvalue weighted by atomic mass is 10.1. The lowest BCUT2D eigenvalue weighted by molar-refractivity contribution is 0.0954. The predicted octanol–water partition coefficient (Wildman–Crippen LogP) is 2.19. The smallest absolute Gasteiger partial charge is 0.271 e. The minimum Gasteiger partial charge on any atom is -0.508 e. The molecule has 0 aliphatic carbocycles. The molecule has 3 N–H and O–H groups in total. The van der Waals surface area contributed by atoms with E-state index in [0.29, 0.717) is 17.1 Å². The summed E-state index contributed by atoms with van der Waals surface area (Å²) < 4.78 is 10.6. The molecule has 126 valence electrons. The summed E-state index contributed by atoms with van der Waals surface area (Å²) in [5.41, 5.74) is 3.88. The third-order valence-corrected chi connectivity index (χ3v) is 3.35. The molecule has 0 unspecified atom stereocenters. The molecule has 0 saturated carbocycles. The molecular weight excluding hydrogens is 312 g/mol. The highest BCUT2D eigenvalue weighted by Gasteiger charge is 2.10. The molecule has 0 spiro atoms. The van der Waals surface area contributed by atoms with Gasteiger partial charge in [-0.05, 0) is 31.2 Å². The van der Waals surface area contributed by atoms with Crippen LogP contribution in [0.15, 0.2) is 35.4 Å². The van der Waals surface area contributed by atoms with E-state index in [-0.39, 0.29) is 17.1 Å². The maximum atomic E-state index is 12.0. The molecule has 2 aromatic carbocycles. The fourth-order valence-corrected chi connectivity index (χ4v) is 2.24. The van der Waals surface area contributed by atoms with E-state index in [1.165, 1.54) is 25.5 Å². The third kappa shape index (κ3) is 3.75. The van der Waals surface area contributed by atoms with Gasteiger partial charge in [0.1, 0.15) is 23.0 Å². The average Bonchev–Trinajstić information content (AvgIpc) is 2.54. The Bertz CT molecular complexity index is 767. The lowest BCUT2D eigenvalue weighted by Gasteiger charge is -2.11. The quantitative estimate of drug-likeness (QED) is 0.576. The van der Waals surface area contributed by atoms with E-state index < -0.39 is 5.91 Å². The number of aromatic hydroxyl groups is 2. The highest BCUT2D eigenvalue weighted by atomic mass is 16.5. The molecule has 7 nitrogen and oxygen atoms in total. The molecule has 0 aromatic heterocycles. The van der Waals surface area contributed by atoms with E-state index in [2.05, 4.69) is 10.5 Å². The number of ether oxygens (including phenoxy) is 2. The van der Waals surface area contributed by atoms with E-state index in [1.807, 2.05) is 6.92 Å². The Morgan fingerprint density at radius 3 is 2.38 bits per heavy atom. The van der Waals surface area contributed by atoms with Crippen LogP contribution in [0.3, 0.4) is 0 Å². The van der Waals surface area contributed by atoms with Gasteiger partial charge >= 0.3 is 0 Å². The molecule has 0 atom stereocenters. The zero-order chi connectivity index (χ0) is 17.7. The molecule has 0 saturated heterocycles. The highest BCUT2D eigenvalue weighted by Crippen LogP contribution is 2.30. The number of amides is 1. The van der Waals surface area contributed by atoms with Gasteiger partial charge < -0.3 is 19.7 Å². The summed E-state index contributed by atoms with van der Waals surface area (Å²) in [4.78, 5) is 12.0. The van der Waals surface area contributed by atoms with Crippen LogP contribution in [0, 0.1) is 6.92 Å². The maximum absolute atomic E-state index is 12.0. The maximum Gasteiger partial charge on any atom is 0.271 e. The lowest BCUT2D eigenvalue weighted by Crippen LogP contribution is -2.17. The topological polar surface area (TPSA) is 100 Å². The first-order chi connectivity index (χ1) is 11.5. The van der Waals surface area contributed by atoms with Crippen molar-refractivity contribution < 1.29 is 24.5 Å². The van der Waals surface area contributed by atoms with Crippen molar-refractivity contribution in [3.63, 3.8) is 0 Å². The van der Waals surface area contributed by atoms with E-state index in [4.69, 9.17) is 9.47 Å². The van der Waals surface area contributed by atoms with Crippen molar-refractivity contribution in [3.8, 4) is 23.0 Å². The number of phenolic OH excluding ortho intramolecular Hbond substituents is 2. The Morgan fingerprint density at radius 2 is 1.79 bits per heavy atom. The summed E-state index contributed by atoms with van der Waals surface area (Å²) in [6.45, 7) is 1.85. The minimum absolute atomic E-state index is 0.0857. The fraction of sp³-hybridized carbons (Fsp3) is 0.176. The van der Waals surface area contributed by atoms with Crippen LogP contribution >= 0.6 is 0 Å². The van der Waals surface area contributed by atoms with Gasteiger partial charge in [-0.2, -0.15) is 5.10 Å². The summed E-state index contributed by atoms with van der Waals surface area (Å²) in [5.74, 6) is 0.278. The Morgan fingerprint density at radius 1 is 1.12 bits per heavy atom. The van der Waals surface area contributed by atoms with Gasteiger partial charge in [0, 0.05) is 22.8 Å². The molecule has 1 amide bonds. The molecule has 0 aliphatic rings. The summed E-state index contributed by atoms with van der Waals surface area (Å²) in [5, 5.41) is 22.6. The van der Waals surface area contributed by atoms with Crippen LogP contribution in [0.2, 0.25) is 0 Å². The number of nitrogens with zero attached hydrogens (tertiary/aromatic N) is 1. The molecule has 7 heteroatoms. The second kappa shape index (κ2) is 7.36. The summed E-state index contributed by atoms with van der Waals surface area (Å²) in [6.07, 6.45) is 1.44. The molecule has 0 bridgehead atoms. The Labute approximate surface area is 139 Å². The van der Waals surface area contributed by atoms with Crippen LogP contribution in [-0.2, 0) is 0 Å². The SMILES string of the molecule is COc1ccc(/C=N/NC(=O)c2cc(O)cc(O)c2)c(OC)c1C. The molecule has 2 aromatic rings. The predicted molar refractivity (Wildman–Crippen MR) is 89.1 cm³/mol. The zero-order valence-electron chi connectivity index (χ0n) is 13.5. The average molecular weight is 330 g/mol. The molecule has 24 heavy (non-hydrogen) atoms. The number of hydrogen-bond donors (Lipinski definition) is 3. The van der Waals surface area contributed by atoms with Crippen LogP contribution in [0.5, 0.6) is 23.0 Å². The van der Waals surface area contributed by atoms with E-state index in [9.17, 15) is 15.0 Å². The Hall–Kier alpha value is -3.22. The van der Waals surface area contributed by atoms with Crippen LogP contribution in [0.4, 0.5) is 0 Å². The van der Waals surface area contributed by atoms with Crippen molar-refractivity contribution in [2.45, 2.75) is 6.92 Å². The second-order valence-corrected chi connectivity index (χ2v) is 4.95. The normalized spacial score (nSPS) is 10.6. The standard InChI is InChI=1S/C17H18N2O5/c1-10-15(23-2)5-4-11(16(10)24-3)9-18-19-17(22)12-6-13(20)8-14(21)7-12/h4-9,20-21H,1-3H3,(H,19,22)/b18-9+. The first kappa shape index (κ1) is 17.1. The number of hydrogen-bond acceptors (Lipinski definition) is 6. The van der Waals surface area contributed by atoms with Crippen LogP contribution in [0.25, 0.3) is 0 Å². The van der Waals surface area contributed by atoms with Crippen molar-refractivity contribution in [2.75, 3.05) is 14.2 Å². The number of phenols is 2. The van der Waals surface area contributed by atoms with Crippen LogP contribution < -0.4 is 14.9 Å². The molecule has 0 heterocycles. The molecule has 0 fully saturated rings. The number of rotatable bonds is 5. The van der Waals surface area contributed by atoms with E-state index >= 15 is 0 Å². The van der Waals surface area contributed by atoms with Crippen molar-refractivity contribution in [1.29, 1.82) is 0 Å². The molecule has 0 radical (unpaired) electrons. The zero-order valence-corrected chi connectivity index (χ0v) is 13.5. The van der Waals surface area contributed by atoms with Crippen molar-refractivity contribution >= 4 is 12.1 Å². The van der Waals surface area contributed by atoms with Crippen molar-refractivity contribution in [2.24, 2.45) is 5.10 Å². The largest absolute Gasteiger partial charge is 0.508 e. The fourth-order valence-electron chi connectivity index (χ4n) is 2.24. The second-order valence-electron chi connectivity index (χ2n) is 4.95. The number of methoxy groups -OCH3 is 2. The Kier molecular flexibility index (Phi) is 5.26. The molecule has 2 rings (SSSR count). The van der Waals surface area contributed by atoms with E-state index in [0.717, 1.165) is 11.6 Å². The number of nitrogens with one attached hydrogen (secondary N) is 1. The van der Waals surface area contributed by atoms with Crippen molar-refractivity contribution in [3.05, 3.63) is 47.0 Å². The number of carbonyl (C=O) groups excluding carboxylic acids is 1. The van der Waals surface area contributed by atoms with Crippen molar-refractivity contribution in [1.82, 2.24) is 5.43 Å². The first-order valence-electron chi connectivity index (χ1n) is 7.04. The summed E-state index contributed by atoms with van der Waals surface area (Å²) in [6, 6.07) is 7.10. The van der Waals surface area contributed by atoms with Crippen LogP contribution in [0.1, 0.15) is 21.5 Å². The number of hydrazone groups is 1. The first-order valence-corrected chi connectivity index (χ1v) is 7.04. The minimum atomic E-state index is -0.568. The van der Waals surface area contributed by atoms with Gasteiger partial charge in [-0.1, -0.05) is 0 Å². The van der Waals surface area contributed by atoms with Gasteiger partial charge in [0.2, 0.25) is 0 Å². The third-order valence-electron chi connectivity index (χ3n) is 3.35. The van der Waals surface area contributed by atoms with Gasteiger partial charge in [-0.3, -0.25) is 4.79 Å². The van der Waals surface area contributed by atoms with Gasteiger partial charge in [0.15, 0.2) is 0 Å². The molecular formula is C17H18N2O5. The van der Waals surface area contributed by atoms with Gasteiger partial charge in [0.25, 0.3) is 5.91 Å².